The highest BCUT2D eigenvalue weighted by atomic mass is 16.6. The number of carbonyl (C=O) groups excluding carboxylic acids is 1. The van der Waals surface area contributed by atoms with Gasteiger partial charge in [-0.05, 0) is 42.8 Å². The third-order valence-electron chi connectivity index (χ3n) is 4.32. The first-order valence-corrected chi connectivity index (χ1v) is 8.84. The van der Waals surface area contributed by atoms with Crippen LogP contribution in [0.5, 0.6) is 5.75 Å². The molecule has 0 atom stereocenters. The van der Waals surface area contributed by atoms with Crippen LogP contribution < -0.4 is 10.1 Å². The van der Waals surface area contributed by atoms with Crippen LogP contribution in [0.4, 0.5) is 11.4 Å². The number of furan rings is 1. The number of carbonyl (C=O) groups is 1. The molecule has 1 amide bonds. The van der Waals surface area contributed by atoms with E-state index >= 15 is 0 Å². The normalized spacial score (nSPS) is 10.9. The van der Waals surface area contributed by atoms with Crippen LogP contribution in [0.15, 0.2) is 64.6 Å². The van der Waals surface area contributed by atoms with Crippen LogP contribution in [-0.2, 0) is 4.79 Å². The van der Waals surface area contributed by atoms with Gasteiger partial charge in [0.1, 0.15) is 28.9 Å². The minimum absolute atomic E-state index is 0.0114. The topological polar surface area (TPSA) is 118 Å². The molecule has 1 aromatic heterocycles. The van der Waals surface area contributed by atoms with Gasteiger partial charge in [0.25, 0.3) is 11.6 Å². The van der Waals surface area contributed by atoms with E-state index in [9.17, 15) is 20.2 Å². The van der Waals surface area contributed by atoms with Crippen molar-refractivity contribution in [2.45, 2.75) is 6.92 Å². The lowest BCUT2D eigenvalue weighted by Gasteiger charge is -2.08. The number of non-ortho nitro benzene ring substituents is 1. The number of aryl methyl sites for hydroxylation is 1. The molecule has 1 heterocycles. The maximum absolute atomic E-state index is 12.5. The minimum Gasteiger partial charge on any atom is -0.495 e. The van der Waals surface area contributed by atoms with Gasteiger partial charge in [-0.1, -0.05) is 12.1 Å². The number of nitriles is 1. The van der Waals surface area contributed by atoms with E-state index in [4.69, 9.17) is 9.15 Å². The van der Waals surface area contributed by atoms with E-state index in [2.05, 4.69) is 5.32 Å². The molecule has 0 spiro atoms. The van der Waals surface area contributed by atoms with Gasteiger partial charge >= 0.3 is 0 Å². The first-order valence-electron chi connectivity index (χ1n) is 8.84. The number of rotatable bonds is 6. The van der Waals surface area contributed by atoms with Crippen LogP contribution in [0.2, 0.25) is 0 Å². The van der Waals surface area contributed by atoms with E-state index in [0.717, 1.165) is 0 Å². The minimum atomic E-state index is -0.605. The summed E-state index contributed by atoms with van der Waals surface area (Å²) in [6, 6.07) is 16.4. The van der Waals surface area contributed by atoms with Gasteiger partial charge in [0, 0.05) is 23.8 Å². The Morgan fingerprint density at radius 1 is 1.23 bits per heavy atom. The number of nitrogens with zero attached hydrogens (tertiary/aromatic N) is 2. The van der Waals surface area contributed by atoms with Crippen molar-refractivity contribution in [2.24, 2.45) is 0 Å². The van der Waals surface area contributed by atoms with E-state index in [1.165, 1.54) is 25.3 Å². The second-order valence-corrected chi connectivity index (χ2v) is 6.28. The molecular weight excluding hydrogens is 386 g/mol. The van der Waals surface area contributed by atoms with Crippen LogP contribution in [0.1, 0.15) is 11.3 Å². The first-order chi connectivity index (χ1) is 14.4. The third kappa shape index (κ3) is 4.36. The quantitative estimate of drug-likeness (QED) is 0.275. The molecule has 2 aromatic carbocycles. The summed E-state index contributed by atoms with van der Waals surface area (Å²) in [7, 11) is 1.48. The first kappa shape index (κ1) is 20.4. The number of nitro groups is 1. The highest BCUT2D eigenvalue weighted by Gasteiger charge is 2.15. The maximum atomic E-state index is 12.5. The fraction of sp³-hybridized carbons (Fsp3) is 0.0909. The zero-order valence-corrected chi connectivity index (χ0v) is 16.2. The van der Waals surface area contributed by atoms with Crippen LogP contribution in [0.25, 0.3) is 17.4 Å². The molecule has 0 saturated carbocycles. The average molecular weight is 403 g/mol. The molecule has 3 rings (SSSR count). The number of methoxy groups -OCH3 is 1. The van der Waals surface area contributed by atoms with E-state index in [0.29, 0.717) is 34.1 Å². The Labute approximate surface area is 172 Å². The lowest BCUT2D eigenvalue weighted by molar-refractivity contribution is -0.384. The number of anilines is 1. The molecule has 150 valence electrons. The van der Waals surface area contributed by atoms with Gasteiger partial charge in [-0.25, -0.2) is 0 Å². The maximum Gasteiger partial charge on any atom is 0.269 e. The molecule has 0 aliphatic rings. The Kier molecular flexibility index (Phi) is 5.94. The molecule has 3 aromatic rings. The third-order valence-corrected chi connectivity index (χ3v) is 4.32. The Morgan fingerprint density at radius 3 is 2.67 bits per heavy atom. The van der Waals surface area contributed by atoms with E-state index < -0.39 is 10.8 Å². The molecular formula is C22H17N3O5. The van der Waals surface area contributed by atoms with Gasteiger partial charge in [-0.2, -0.15) is 5.26 Å². The lowest BCUT2D eigenvalue weighted by atomic mass is 10.1. The number of nitro benzene ring substituents is 1. The summed E-state index contributed by atoms with van der Waals surface area (Å²) >= 11 is 0. The highest BCUT2D eigenvalue weighted by Crippen LogP contribution is 2.29. The number of amides is 1. The van der Waals surface area contributed by atoms with Gasteiger partial charge in [0.2, 0.25) is 0 Å². The molecule has 0 fully saturated rings. The molecule has 8 heteroatoms. The molecule has 0 bridgehead atoms. The van der Waals surface area contributed by atoms with Crippen LogP contribution >= 0.6 is 0 Å². The Morgan fingerprint density at radius 2 is 2.00 bits per heavy atom. The van der Waals surface area contributed by atoms with Gasteiger partial charge in [0.15, 0.2) is 0 Å². The van der Waals surface area contributed by atoms with Crippen molar-refractivity contribution in [3.8, 4) is 23.1 Å². The van der Waals surface area contributed by atoms with Crippen molar-refractivity contribution >= 4 is 23.4 Å². The van der Waals surface area contributed by atoms with Crippen molar-refractivity contribution in [2.75, 3.05) is 12.4 Å². The Bertz CT molecular complexity index is 1190. The summed E-state index contributed by atoms with van der Waals surface area (Å²) < 4.78 is 10.9. The summed E-state index contributed by atoms with van der Waals surface area (Å²) in [4.78, 5) is 22.9. The standard InChI is InChI=1S/C22H17N3O5/c1-14-11-16(25(27)28)7-9-18(14)20-10-8-17(30-20)12-15(13-23)22(26)24-19-5-3-4-6-21(19)29-2/h3-12H,1-2H3,(H,24,26)/b15-12+. The van der Waals surface area contributed by atoms with E-state index in [1.54, 1.807) is 49.4 Å². The predicted octanol–water partition coefficient (Wildman–Crippen LogP) is 4.72. The summed E-state index contributed by atoms with van der Waals surface area (Å²) in [5, 5.41) is 22.9. The van der Waals surface area contributed by atoms with Crippen LogP contribution in [0.3, 0.4) is 0 Å². The molecule has 8 nitrogen and oxygen atoms in total. The molecule has 1 N–H and O–H groups in total. The van der Waals surface area contributed by atoms with Gasteiger partial charge in [0.05, 0.1) is 17.7 Å². The number of ether oxygens (including phenoxy) is 1. The number of hydrogen-bond donors (Lipinski definition) is 1. The zero-order chi connectivity index (χ0) is 21.7. The van der Waals surface area contributed by atoms with Crippen molar-refractivity contribution in [1.82, 2.24) is 0 Å². The molecule has 30 heavy (non-hydrogen) atoms. The van der Waals surface area contributed by atoms with Crippen molar-refractivity contribution < 1.29 is 18.9 Å². The summed E-state index contributed by atoms with van der Waals surface area (Å²) in [6.45, 7) is 1.74. The SMILES string of the molecule is COc1ccccc1NC(=O)/C(C#N)=C/c1ccc(-c2ccc([N+](=O)[O-])cc2C)o1. The summed E-state index contributed by atoms with van der Waals surface area (Å²) in [5.41, 5.74) is 1.62. The average Bonchev–Trinajstić information content (AvgIpc) is 3.20. The van der Waals surface area contributed by atoms with Crippen molar-refractivity contribution in [3.63, 3.8) is 0 Å². The molecule has 0 unspecified atom stereocenters. The second-order valence-electron chi connectivity index (χ2n) is 6.28. The second kappa shape index (κ2) is 8.75. The van der Waals surface area contributed by atoms with Crippen molar-refractivity contribution in [1.29, 1.82) is 5.26 Å². The number of benzene rings is 2. The molecule has 0 aliphatic heterocycles. The molecule has 0 aliphatic carbocycles. The number of hydrogen-bond acceptors (Lipinski definition) is 6. The van der Waals surface area contributed by atoms with Gasteiger partial charge in [-0.3, -0.25) is 14.9 Å². The lowest BCUT2D eigenvalue weighted by Crippen LogP contribution is -2.14. The number of nitrogens with one attached hydrogen (secondary N) is 1. The summed E-state index contributed by atoms with van der Waals surface area (Å²) in [6.07, 6.45) is 1.33. The molecule has 0 saturated heterocycles. The van der Waals surface area contributed by atoms with E-state index in [-0.39, 0.29) is 11.3 Å². The monoisotopic (exact) mass is 403 g/mol. The Hall–Kier alpha value is -4.38. The van der Waals surface area contributed by atoms with Crippen LogP contribution in [0, 0.1) is 28.4 Å². The number of para-hydroxylation sites is 2. The fourth-order valence-electron chi connectivity index (χ4n) is 2.84. The van der Waals surface area contributed by atoms with Crippen molar-refractivity contribution in [3.05, 3.63) is 81.6 Å². The fourth-order valence-corrected chi connectivity index (χ4v) is 2.84. The van der Waals surface area contributed by atoms with Gasteiger partial charge < -0.3 is 14.5 Å². The summed E-state index contributed by atoms with van der Waals surface area (Å²) in [5.74, 6) is 0.633. The Balaban J connectivity index is 1.84. The van der Waals surface area contributed by atoms with E-state index in [1.807, 2.05) is 6.07 Å². The van der Waals surface area contributed by atoms with Crippen LogP contribution in [-0.4, -0.2) is 17.9 Å². The highest BCUT2D eigenvalue weighted by molar-refractivity contribution is 6.10. The largest absolute Gasteiger partial charge is 0.495 e. The zero-order valence-electron chi connectivity index (χ0n) is 16.2. The molecule has 0 radical (unpaired) electrons. The van der Waals surface area contributed by atoms with Gasteiger partial charge in [-0.15, -0.1) is 0 Å². The smallest absolute Gasteiger partial charge is 0.269 e. The predicted molar refractivity (Wildman–Crippen MR) is 111 cm³/mol.